The molecule has 0 radical (unpaired) electrons. The zero-order valence-corrected chi connectivity index (χ0v) is 13.9. The lowest BCUT2D eigenvalue weighted by atomic mass is 10.1. The molecule has 1 aromatic heterocycles. The molecule has 0 aliphatic carbocycles. The Labute approximate surface area is 124 Å². The van der Waals surface area contributed by atoms with E-state index >= 15 is 0 Å². The molecule has 0 saturated carbocycles. The summed E-state index contributed by atoms with van der Waals surface area (Å²) in [5.41, 5.74) is 2.26. The molecule has 1 N–H and O–H groups in total. The second kappa shape index (κ2) is 8.20. The van der Waals surface area contributed by atoms with Gasteiger partial charge in [0.2, 0.25) is 5.95 Å². The largest absolute Gasteiger partial charge is 0.341 e. The number of hydrogen-bond donors (Lipinski definition) is 1. The molecule has 1 heterocycles. The maximum absolute atomic E-state index is 4.66. The van der Waals surface area contributed by atoms with Crippen LogP contribution in [0, 0.1) is 12.8 Å². The van der Waals surface area contributed by atoms with Crippen LogP contribution in [-0.4, -0.2) is 29.6 Å². The highest BCUT2D eigenvalue weighted by molar-refractivity contribution is 5.33. The Hall–Kier alpha value is -1.16. The predicted molar refractivity (Wildman–Crippen MR) is 86.1 cm³/mol. The minimum Gasteiger partial charge on any atom is -0.341 e. The van der Waals surface area contributed by atoms with Gasteiger partial charge in [0.05, 0.1) is 0 Å². The van der Waals surface area contributed by atoms with Gasteiger partial charge in [0, 0.05) is 37.1 Å². The van der Waals surface area contributed by atoms with Gasteiger partial charge in [-0.2, -0.15) is 0 Å². The van der Waals surface area contributed by atoms with Crippen molar-refractivity contribution in [3.8, 4) is 0 Å². The van der Waals surface area contributed by atoms with Crippen LogP contribution in [0.25, 0.3) is 0 Å². The molecule has 4 nitrogen and oxygen atoms in total. The third kappa shape index (κ3) is 4.75. The first-order chi connectivity index (χ1) is 9.49. The van der Waals surface area contributed by atoms with Crippen molar-refractivity contribution in [2.75, 3.05) is 18.5 Å². The van der Waals surface area contributed by atoms with Crippen molar-refractivity contribution in [2.24, 2.45) is 5.92 Å². The number of nitrogens with one attached hydrogen (secondary N) is 1. The van der Waals surface area contributed by atoms with Crippen molar-refractivity contribution in [3.05, 3.63) is 17.5 Å². The molecule has 0 bridgehead atoms. The number of hydrogen-bond acceptors (Lipinski definition) is 4. The molecule has 20 heavy (non-hydrogen) atoms. The summed E-state index contributed by atoms with van der Waals surface area (Å²) >= 11 is 0. The first-order valence-electron chi connectivity index (χ1n) is 7.75. The highest BCUT2D eigenvalue weighted by Gasteiger charge is 2.14. The lowest BCUT2D eigenvalue weighted by molar-refractivity contribution is 0.549. The minimum atomic E-state index is 0.513. The molecule has 0 aliphatic rings. The average molecular weight is 278 g/mol. The van der Waals surface area contributed by atoms with Gasteiger partial charge in [0.25, 0.3) is 0 Å². The molecule has 114 valence electrons. The normalized spacial score (nSPS) is 11.4. The molecule has 0 aromatic carbocycles. The summed E-state index contributed by atoms with van der Waals surface area (Å²) in [6.07, 6.45) is 4.20. The number of rotatable bonds is 8. The summed E-state index contributed by atoms with van der Waals surface area (Å²) in [6.45, 7) is 12.8. The standard InChI is InChI=1S/C16H30N4/c1-7-15(8-2)20(6)16-18-11-14(13(5)19-16)10-17-9-12(3)4/h11-12,15,17H,7-10H2,1-6H3. The van der Waals surface area contributed by atoms with Crippen molar-refractivity contribution in [2.45, 2.75) is 60.0 Å². The Morgan fingerprint density at radius 2 is 1.90 bits per heavy atom. The van der Waals surface area contributed by atoms with Gasteiger partial charge in [-0.1, -0.05) is 27.7 Å². The number of aromatic nitrogens is 2. The van der Waals surface area contributed by atoms with Gasteiger partial charge in [0.1, 0.15) is 0 Å². The lowest BCUT2D eigenvalue weighted by Gasteiger charge is -2.26. The molecule has 1 aromatic rings. The van der Waals surface area contributed by atoms with Crippen molar-refractivity contribution in [1.29, 1.82) is 0 Å². The fourth-order valence-corrected chi connectivity index (χ4v) is 2.32. The zero-order chi connectivity index (χ0) is 15.1. The van der Waals surface area contributed by atoms with E-state index in [4.69, 9.17) is 0 Å². The van der Waals surface area contributed by atoms with Crippen molar-refractivity contribution < 1.29 is 0 Å². The van der Waals surface area contributed by atoms with Gasteiger partial charge in [-0.3, -0.25) is 0 Å². The van der Waals surface area contributed by atoms with E-state index in [0.717, 1.165) is 37.6 Å². The molecular weight excluding hydrogens is 248 g/mol. The third-order valence-electron chi connectivity index (χ3n) is 3.74. The summed E-state index contributed by atoms with van der Waals surface area (Å²) in [4.78, 5) is 11.4. The van der Waals surface area contributed by atoms with Crippen LogP contribution in [0.3, 0.4) is 0 Å². The van der Waals surface area contributed by atoms with Gasteiger partial charge in [-0.15, -0.1) is 0 Å². The van der Waals surface area contributed by atoms with Gasteiger partial charge < -0.3 is 10.2 Å². The smallest absolute Gasteiger partial charge is 0.225 e. The van der Waals surface area contributed by atoms with Crippen molar-refractivity contribution >= 4 is 5.95 Å². The summed E-state index contributed by atoms with van der Waals surface area (Å²) in [6, 6.07) is 0.513. The monoisotopic (exact) mass is 278 g/mol. The van der Waals surface area contributed by atoms with E-state index in [0.29, 0.717) is 12.0 Å². The van der Waals surface area contributed by atoms with Crippen LogP contribution < -0.4 is 10.2 Å². The second-order valence-corrected chi connectivity index (χ2v) is 5.89. The molecular formula is C16H30N4. The number of anilines is 1. The zero-order valence-electron chi connectivity index (χ0n) is 13.9. The molecule has 0 atom stereocenters. The summed E-state index contributed by atoms with van der Waals surface area (Å²) in [5.74, 6) is 1.50. The summed E-state index contributed by atoms with van der Waals surface area (Å²) in [7, 11) is 2.09. The Kier molecular flexibility index (Phi) is 6.93. The second-order valence-electron chi connectivity index (χ2n) is 5.89. The first-order valence-corrected chi connectivity index (χ1v) is 7.75. The quantitative estimate of drug-likeness (QED) is 0.793. The van der Waals surface area contributed by atoms with E-state index in [1.54, 1.807) is 0 Å². The van der Waals surface area contributed by atoms with Crippen LogP contribution in [0.1, 0.15) is 51.8 Å². The van der Waals surface area contributed by atoms with Crippen molar-refractivity contribution in [3.63, 3.8) is 0 Å². The molecule has 0 aliphatic heterocycles. The highest BCUT2D eigenvalue weighted by atomic mass is 15.2. The average Bonchev–Trinajstić information content (AvgIpc) is 2.41. The van der Waals surface area contributed by atoms with E-state index in [-0.39, 0.29) is 0 Å². The van der Waals surface area contributed by atoms with Crippen LogP contribution in [0.15, 0.2) is 6.20 Å². The summed E-state index contributed by atoms with van der Waals surface area (Å²) in [5, 5.41) is 3.44. The molecule has 0 unspecified atom stereocenters. The Bertz CT molecular complexity index is 399. The van der Waals surface area contributed by atoms with Crippen LogP contribution in [0.4, 0.5) is 5.95 Å². The predicted octanol–water partition coefficient (Wildman–Crippen LogP) is 3.16. The van der Waals surface area contributed by atoms with E-state index in [1.807, 2.05) is 6.20 Å². The fourth-order valence-electron chi connectivity index (χ4n) is 2.32. The number of aryl methyl sites for hydroxylation is 1. The maximum Gasteiger partial charge on any atom is 0.225 e. The van der Waals surface area contributed by atoms with E-state index in [9.17, 15) is 0 Å². The molecule has 0 saturated heterocycles. The molecule has 0 spiro atoms. The SMILES string of the molecule is CCC(CC)N(C)c1ncc(CNCC(C)C)c(C)n1. The topological polar surface area (TPSA) is 41.1 Å². The molecule has 4 heteroatoms. The van der Waals surface area contributed by atoms with Gasteiger partial charge in [-0.05, 0) is 32.2 Å². The Balaban J connectivity index is 2.72. The van der Waals surface area contributed by atoms with E-state index < -0.39 is 0 Å². The van der Waals surface area contributed by atoms with Crippen LogP contribution in [0.5, 0.6) is 0 Å². The summed E-state index contributed by atoms with van der Waals surface area (Å²) < 4.78 is 0. The van der Waals surface area contributed by atoms with Crippen molar-refractivity contribution in [1.82, 2.24) is 15.3 Å². The number of nitrogens with zero attached hydrogens (tertiary/aromatic N) is 3. The first kappa shape index (κ1) is 16.9. The third-order valence-corrected chi connectivity index (χ3v) is 3.74. The molecule has 0 amide bonds. The lowest BCUT2D eigenvalue weighted by Crippen LogP contribution is -2.32. The minimum absolute atomic E-state index is 0.513. The highest BCUT2D eigenvalue weighted by Crippen LogP contribution is 2.15. The van der Waals surface area contributed by atoms with E-state index in [1.165, 1.54) is 5.56 Å². The molecule has 1 rings (SSSR count). The van der Waals surface area contributed by atoms with Crippen LogP contribution >= 0.6 is 0 Å². The van der Waals surface area contributed by atoms with Crippen LogP contribution in [-0.2, 0) is 6.54 Å². The van der Waals surface area contributed by atoms with Gasteiger partial charge >= 0.3 is 0 Å². The van der Waals surface area contributed by atoms with Crippen LogP contribution in [0.2, 0.25) is 0 Å². The van der Waals surface area contributed by atoms with Gasteiger partial charge in [0.15, 0.2) is 0 Å². The fraction of sp³-hybridized carbons (Fsp3) is 0.750. The van der Waals surface area contributed by atoms with Gasteiger partial charge in [-0.25, -0.2) is 9.97 Å². The van der Waals surface area contributed by atoms with E-state index in [2.05, 4.69) is 61.9 Å². The maximum atomic E-state index is 4.66. The molecule has 0 fully saturated rings. The Morgan fingerprint density at radius 3 is 2.40 bits per heavy atom. The Morgan fingerprint density at radius 1 is 1.25 bits per heavy atom.